The summed E-state index contributed by atoms with van der Waals surface area (Å²) < 4.78 is 0. The van der Waals surface area contributed by atoms with E-state index in [0.29, 0.717) is 12.2 Å². The SMILES string of the molecule is Nc1cccc(CN2CCC(CCCC(=O)c3ccc4c(c3)CCN(Cc3ccccc3)CC4)CC2)c1. The smallest absolute Gasteiger partial charge is 0.162 e. The number of likely N-dealkylation sites (tertiary alicyclic amines) is 1. The summed E-state index contributed by atoms with van der Waals surface area (Å²) in [6, 6.07) is 25.4. The van der Waals surface area contributed by atoms with E-state index in [-0.39, 0.29) is 0 Å². The predicted molar refractivity (Wildman–Crippen MR) is 153 cm³/mol. The quantitative estimate of drug-likeness (QED) is 0.286. The first-order valence-corrected chi connectivity index (χ1v) is 14.1. The van der Waals surface area contributed by atoms with Gasteiger partial charge >= 0.3 is 0 Å². The number of carbonyl (C=O) groups excluding carboxylic acids is 1. The second kappa shape index (κ2) is 12.5. The number of nitrogen functional groups attached to an aromatic ring is 1. The second-order valence-electron chi connectivity index (χ2n) is 11.0. The molecule has 4 heteroatoms. The van der Waals surface area contributed by atoms with Crippen LogP contribution in [-0.4, -0.2) is 41.8 Å². The lowest BCUT2D eigenvalue weighted by Crippen LogP contribution is -2.33. The first-order valence-electron chi connectivity index (χ1n) is 14.1. The van der Waals surface area contributed by atoms with Crippen molar-refractivity contribution in [3.8, 4) is 0 Å². The molecule has 37 heavy (non-hydrogen) atoms. The van der Waals surface area contributed by atoms with Gasteiger partial charge in [-0.3, -0.25) is 14.6 Å². The van der Waals surface area contributed by atoms with Crippen LogP contribution in [0.5, 0.6) is 0 Å². The average molecular weight is 496 g/mol. The van der Waals surface area contributed by atoms with E-state index >= 15 is 0 Å². The van der Waals surface area contributed by atoms with Crippen LogP contribution in [-0.2, 0) is 25.9 Å². The van der Waals surface area contributed by atoms with Gasteiger partial charge in [0.1, 0.15) is 0 Å². The van der Waals surface area contributed by atoms with Crippen LogP contribution in [0.15, 0.2) is 72.8 Å². The molecule has 2 aliphatic rings. The lowest BCUT2D eigenvalue weighted by Gasteiger charge is -2.32. The maximum absolute atomic E-state index is 13.0. The van der Waals surface area contributed by atoms with E-state index in [4.69, 9.17) is 5.73 Å². The van der Waals surface area contributed by atoms with E-state index in [1.165, 1.54) is 35.1 Å². The Labute approximate surface area is 222 Å². The van der Waals surface area contributed by atoms with Crippen LogP contribution in [0.25, 0.3) is 0 Å². The van der Waals surface area contributed by atoms with Gasteiger partial charge in [-0.25, -0.2) is 0 Å². The molecule has 2 N–H and O–H groups in total. The molecule has 0 radical (unpaired) electrons. The molecular formula is C33H41N3O. The number of anilines is 1. The zero-order chi connectivity index (χ0) is 25.5. The largest absolute Gasteiger partial charge is 0.399 e. The normalized spacial score (nSPS) is 17.3. The Kier molecular flexibility index (Phi) is 8.70. The van der Waals surface area contributed by atoms with Crippen LogP contribution < -0.4 is 5.73 Å². The van der Waals surface area contributed by atoms with Gasteiger partial charge in [-0.05, 0) is 98.0 Å². The van der Waals surface area contributed by atoms with Crippen LogP contribution in [0.4, 0.5) is 5.69 Å². The topological polar surface area (TPSA) is 49.6 Å². The summed E-state index contributed by atoms with van der Waals surface area (Å²) in [5.41, 5.74) is 13.1. The molecule has 0 bridgehead atoms. The lowest BCUT2D eigenvalue weighted by molar-refractivity contribution is 0.0974. The number of rotatable bonds is 9. The van der Waals surface area contributed by atoms with Gasteiger partial charge in [0.25, 0.3) is 0 Å². The Bertz CT molecular complexity index is 1170. The van der Waals surface area contributed by atoms with Crippen LogP contribution in [0.2, 0.25) is 0 Å². The number of piperidine rings is 1. The molecule has 0 atom stereocenters. The number of benzene rings is 3. The molecule has 2 aliphatic heterocycles. The molecule has 0 amide bonds. The van der Waals surface area contributed by atoms with Gasteiger partial charge in [-0.2, -0.15) is 0 Å². The maximum Gasteiger partial charge on any atom is 0.162 e. The van der Waals surface area contributed by atoms with Crippen molar-refractivity contribution in [2.24, 2.45) is 5.92 Å². The number of hydrogen-bond donors (Lipinski definition) is 1. The Morgan fingerprint density at radius 2 is 1.46 bits per heavy atom. The highest BCUT2D eigenvalue weighted by Gasteiger charge is 2.20. The summed E-state index contributed by atoms with van der Waals surface area (Å²) >= 11 is 0. The van der Waals surface area contributed by atoms with E-state index < -0.39 is 0 Å². The van der Waals surface area contributed by atoms with Crippen molar-refractivity contribution >= 4 is 11.5 Å². The highest BCUT2D eigenvalue weighted by molar-refractivity contribution is 5.96. The first-order chi connectivity index (χ1) is 18.1. The molecule has 0 aliphatic carbocycles. The fraction of sp³-hybridized carbons (Fsp3) is 0.424. The van der Waals surface area contributed by atoms with Crippen molar-refractivity contribution in [2.75, 3.05) is 31.9 Å². The minimum Gasteiger partial charge on any atom is -0.399 e. The molecular weight excluding hydrogens is 454 g/mol. The third-order valence-electron chi connectivity index (χ3n) is 8.25. The zero-order valence-electron chi connectivity index (χ0n) is 22.1. The Hall–Kier alpha value is -2.95. The maximum atomic E-state index is 13.0. The molecule has 0 spiro atoms. The lowest BCUT2D eigenvalue weighted by atomic mass is 9.90. The number of nitrogens with zero attached hydrogens (tertiary/aromatic N) is 2. The van der Waals surface area contributed by atoms with E-state index in [0.717, 1.165) is 82.1 Å². The fourth-order valence-electron chi connectivity index (χ4n) is 6.02. The molecule has 1 saturated heterocycles. The van der Waals surface area contributed by atoms with Crippen molar-refractivity contribution in [1.29, 1.82) is 0 Å². The van der Waals surface area contributed by atoms with Crippen LogP contribution in [0.1, 0.15) is 64.7 Å². The van der Waals surface area contributed by atoms with Crippen LogP contribution in [0, 0.1) is 5.92 Å². The van der Waals surface area contributed by atoms with Gasteiger partial charge in [0.15, 0.2) is 5.78 Å². The van der Waals surface area contributed by atoms with Crippen molar-refractivity contribution < 1.29 is 4.79 Å². The van der Waals surface area contributed by atoms with Crippen LogP contribution >= 0.6 is 0 Å². The second-order valence-corrected chi connectivity index (χ2v) is 11.0. The Balaban J connectivity index is 1.05. The van der Waals surface area contributed by atoms with Gasteiger partial charge < -0.3 is 5.73 Å². The number of nitrogens with two attached hydrogens (primary N) is 1. The fourth-order valence-corrected chi connectivity index (χ4v) is 6.02. The highest BCUT2D eigenvalue weighted by Crippen LogP contribution is 2.25. The number of fused-ring (bicyclic) bond motifs is 1. The molecule has 2 heterocycles. The van der Waals surface area contributed by atoms with E-state index in [1.54, 1.807) is 0 Å². The third-order valence-corrected chi connectivity index (χ3v) is 8.25. The van der Waals surface area contributed by atoms with Gasteiger partial charge in [0.05, 0.1) is 0 Å². The minimum absolute atomic E-state index is 0.312. The van der Waals surface area contributed by atoms with E-state index in [1.807, 2.05) is 12.1 Å². The summed E-state index contributed by atoms with van der Waals surface area (Å²) in [5.74, 6) is 1.06. The number of ketones is 1. The summed E-state index contributed by atoms with van der Waals surface area (Å²) in [6.45, 7) is 6.39. The van der Waals surface area contributed by atoms with E-state index in [2.05, 4.69) is 70.5 Å². The average Bonchev–Trinajstić information content (AvgIpc) is 3.12. The van der Waals surface area contributed by atoms with Crippen molar-refractivity contribution in [1.82, 2.24) is 9.80 Å². The van der Waals surface area contributed by atoms with Gasteiger partial charge in [0.2, 0.25) is 0 Å². The number of Topliss-reactive ketones (excluding diaryl/α,β-unsaturated/α-hetero) is 1. The first kappa shape index (κ1) is 25.7. The Morgan fingerprint density at radius 1 is 0.757 bits per heavy atom. The van der Waals surface area contributed by atoms with Crippen molar-refractivity contribution in [3.05, 3.63) is 101 Å². The molecule has 0 saturated carbocycles. The van der Waals surface area contributed by atoms with E-state index in [9.17, 15) is 4.79 Å². The zero-order valence-corrected chi connectivity index (χ0v) is 22.1. The number of hydrogen-bond acceptors (Lipinski definition) is 4. The number of carbonyl (C=O) groups is 1. The summed E-state index contributed by atoms with van der Waals surface area (Å²) in [6.07, 6.45) is 7.38. The monoisotopic (exact) mass is 495 g/mol. The van der Waals surface area contributed by atoms with Crippen molar-refractivity contribution in [3.63, 3.8) is 0 Å². The van der Waals surface area contributed by atoms with Gasteiger partial charge in [-0.15, -0.1) is 0 Å². The molecule has 5 rings (SSSR count). The standard InChI is InChI=1S/C33H41N3O/c34-32-10-4-9-28(22-32)25-35-18-14-26(15-19-35)8-5-11-33(37)31-13-12-29-16-20-36(21-17-30(29)23-31)24-27-6-2-1-3-7-27/h1-4,6-7,9-10,12-13,22-23,26H,5,8,11,14-21,24-25,34H2. The molecule has 1 fully saturated rings. The minimum atomic E-state index is 0.312. The summed E-state index contributed by atoms with van der Waals surface area (Å²) in [7, 11) is 0. The third kappa shape index (κ3) is 7.30. The molecule has 4 nitrogen and oxygen atoms in total. The van der Waals surface area contributed by atoms with Gasteiger partial charge in [0, 0.05) is 43.9 Å². The Morgan fingerprint density at radius 3 is 2.24 bits per heavy atom. The molecule has 3 aromatic rings. The predicted octanol–water partition coefficient (Wildman–Crippen LogP) is 6.13. The molecule has 0 unspecified atom stereocenters. The molecule has 0 aromatic heterocycles. The van der Waals surface area contributed by atoms with Crippen molar-refractivity contribution in [2.45, 2.75) is 58.0 Å². The van der Waals surface area contributed by atoms with Gasteiger partial charge in [-0.1, -0.05) is 54.6 Å². The summed E-state index contributed by atoms with van der Waals surface area (Å²) in [5, 5.41) is 0. The van der Waals surface area contributed by atoms with Crippen LogP contribution in [0.3, 0.4) is 0 Å². The molecule has 3 aromatic carbocycles. The highest BCUT2D eigenvalue weighted by atomic mass is 16.1. The molecule has 194 valence electrons. The summed E-state index contributed by atoms with van der Waals surface area (Å²) in [4.78, 5) is 18.1.